The van der Waals surface area contributed by atoms with Gasteiger partial charge in [0.1, 0.15) is 17.2 Å². The Morgan fingerprint density at radius 1 is 1.50 bits per heavy atom. The molecule has 0 radical (unpaired) electrons. The van der Waals surface area contributed by atoms with E-state index in [0.29, 0.717) is 11.0 Å². The number of rotatable bonds is 3. The normalized spacial score (nSPS) is 20.4. The second-order valence-corrected chi connectivity index (χ2v) is 4.13. The van der Waals surface area contributed by atoms with Crippen molar-refractivity contribution in [3.63, 3.8) is 0 Å². The van der Waals surface area contributed by atoms with Gasteiger partial charge in [0.25, 0.3) is 0 Å². The number of nitrogens with zero attached hydrogens (tertiary/aromatic N) is 1. The minimum absolute atomic E-state index is 0.0124. The van der Waals surface area contributed by atoms with E-state index in [4.69, 9.17) is 21.7 Å². The van der Waals surface area contributed by atoms with Crippen molar-refractivity contribution in [2.24, 2.45) is 0 Å². The number of hydrogen-bond acceptors (Lipinski definition) is 3. The summed E-state index contributed by atoms with van der Waals surface area (Å²) in [5.74, 6) is 0.682. The highest BCUT2D eigenvalue weighted by Crippen LogP contribution is 2.19. The van der Waals surface area contributed by atoms with Crippen molar-refractivity contribution in [1.82, 2.24) is 4.98 Å². The van der Waals surface area contributed by atoms with Crippen LogP contribution in [0.2, 0.25) is 5.15 Å². The fraction of sp³-hybridized carbons (Fsp3) is 0.455. The second-order valence-electron chi connectivity index (χ2n) is 3.74. The molecule has 1 aromatic heterocycles. The summed E-state index contributed by atoms with van der Waals surface area (Å²) in [6.45, 7) is 0.792. The molecule has 5 heteroatoms. The van der Waals surface area contributed by atoms with E-state index in [1.807, 2.05) is 6.07 Å². The van der Waals surface area contributed by atoms with Crippen LogP contribution in [0.25, 0.3) is 0 Å². The van der Waals surface area contributed by atoms with Crippen molar-refractivity contribution >= 4 is 23.6 Å². The zero-order chi connectivity index (χ0) is 11.4. The maximum absolute atomic E-state index is 5.84. The first-order valence-corrected chi connectivity index (χ1v) is 5.77. The first kappa shape index (κ1) is 11.4. The second kappa shape index (κ2) is 5.27. The maximum Gasteiger partial charge on any atom is 0.171 e. The molecule has 1 aliphatic heterocycles. The summed E-state index contributed by atoms with van der Waals surface area (Å²) in [4.78, 5) is 4.20. The summed E-state index contributed by atoms with van der Waals surface area (Å²) in [5.41, 5.74) is 0.832. The fourth-order valence-corrected chi connectivity index (χ4v) is 1.85. The average Bonchev–Trinajstić information content (AvgIpc) is 2.31. The maximum atomic E-state index is 5.84. The number of nitrogens with two attached hydrogens (primary N) is 1. The Hall–Kier alpha value is -1.13. The molecule has 1 saturated heterocycles. The summed E-state index contributed by atoms with van der Waals surface area (Å²) in [6, 6.07) is 3.55. The minimum atomic E-state index is 0.0124. The molecule has 0 saturated carbocycles. The molecular weight excluding hydrogens is 226 g/mol. The number of halogens is 1. The van der Waals surface area contributed by atoms with Gasteiger partial charge in [0, 0.05) is 6.61 Å². The molecule has 16 heavy (non-hydrogen) atoms. The molecule has 4 nitrogen and oxygen atoms in total. The van der Waals surface area contributed by atoms with Gasteiger partial charge in [-0.05, 0) is 31.4 Å². The predicted octanol–water partition coefficient (Wildman–Crippen LogP) is 0.851. The lowest BCUT2D eigenvalue weighted by Crippen LogP contribution is -2.32. The van der Waals surface area contributed by atoms with E-state index in [-0.39, 0.29) is 6.23 Å². The Bertz CT molecular complexity index is 377. The molecule has 0 aliphatic carbocycles. The molecule has 1 unspecified atom stereocenters. The Kier molecular flexibility index (Phi) is 3.74. The number of ether oxygens (including phenoxy) is 1. The highest BCUT2D eigenvalue weighted by atomic mass is 35.5. The Morgan fingerprint density at radius 3 is 3.06 bits per heavy atom. The van der Waals surface area contributed by atoms with Crippen molar-refractivity contribution in [1.29, 1.82) is 0 Å². The van der Waals surface area contributed by atoms with Gasteiger partial charge in [-0.2, -0.15) is 0 Å². The summed E-state index contributed by atoms with van der Waals surface area (Å²) < 4.78 is 5.57. The van der Waals surface area contributed by atoms with Crippen LogP contribution in [0.4, 0.5) is 5.82 Å². The first-order chi connectivity index (χ1) is 7.79. The molecule has 0 amide bonds. The molecule has 1 aliphatic rings. The topological polar surface area (TPSA) is 59.7 Å². The van der Waals surface area contributed by atoms with Gasteiger partial charge in [-0.3, -0.25) is 5.41 Å². The van der Waals surface area contributed by atoms with Crippen molar-refractivity contribution in [3.8, 4) is 0 Å². The molecule has 1 atom stereocenters. The molecular formula is C11H15ClN3O+. The van der Waals surface area contributed by atoms with Gasteiger partial charge in [0.2, 0.25) is 0 Å². The van der Waals surface area contributed by atoms with Crippen LogP contribution in [-0.4, -0.2) is 24.0 Å². The Labute approximate surface area is 99.5 Å². The van der Waals surface area contributed by atoms with Crippen LogP contribution in [-0.2, 0) is 4.74 Å². The van der Waals surface area contributed by atoms with Crippen LogP contribution >= 0.6 is 11.6 Å². The first-order valence-electron chi connectivity index (χ1n) is 5.39. The van der Waals surface area contributed by atoms with E-state index in [9.17, 15) is 0 Å². The molecule has 0 bridgehead atoms. The molecule has 1 fully saturated rings. The van der Waals surface area contributed by atoms with Gasteiger partial charge in [0.05, 0.1) is 5.56 Å². The number of hydrogen-bond donors (Lipinski definition) is 2. The van der Waals surface area contributed by atoms with Gasteiger partial charge < -0.3 is 10.1 Å². The molecule has 3 N–H and O–H groups in total. The number of nitrogens with one attached hydrogen (secondary N) is 1. The van der Waals surface area contributed by atoms with Gasteiger partial charge in [-0.25, -0.2) is 4.98 Å². The summed E-state index contributed by atoms with van der Waals surface area (Å²) in [7, 11) is 0. The summed E-state index contributed by atoms with van der Waals surface area (Å²) >= 11 is 5.84. The smallest absolute Gasteiger partial charge is 0.171 e. The Balaban J connectivity index is 2.12. The van der Waals surface area contributed by atoms with Crippen molar-refractivity contribution in [2.75, 3.05) is 11.9 Å². The van der Waals surface area contributed by atoms with E-state index in [2.05, 4.69) is 10.3 Å². The third-order valence-electron chi connectivity index (χ3n) is 2.55. The Morgan fingerprint density at radius 2 is 2.38 bits per heavy atom. The molecule has 2 heterocycles. The molecule has 0 spiro atoms. The van der Waals surface area contributed by atoms with Crippen LogP contribution < -0.4 is 10.7 Å². The monoisotopic (exact) mass is 240 g/mol. The van der Waals surface area contributed by atoms with Crippen LogP contribution in [0.15, 0.2) is 12.1 Å². The van der Waals surface area contributed by atoms with E-state index in [1.165, 1.54) is 12.6 Å². The molecule has 1 aromatic rings. The average molecular weight is 241 g/mol. The van der Waals surface area contributed by atoms with Crippen molar-refractivity contribution < 1.29 is 10.1 Å². The highest BCUT2D eigenvalue weighted by Gasteiger charge is 2.15. The summed E-state index contributed by atoms with van der Waals surface area (Å²) in [6.07, 6.45) is 4.79. The number of pyridine rings is 1. The van der Waals surface area contributed by atoms with E-state index >= 15 is 0 Å². The minimum Gasteiger partial charge on any atom is -0.359 e. The van der Waals surface area contributed by atoms with E-state index < -0.39 is 0 Å². The molecule has 86 valence electrons. The largest absolute Gasteiger partial charge is 0.359 e. The van der Waals surface area contributed by atoms with Gasteiger partial charge >= 0.3 is 0 Å². The number of aromatic nitrogens is 1. The van der Waals surface area contributed by atoms with Crippen LogP contribution in [0.1, 0.15) is 24.8 Å². The third kappa shape index (κ3) is 2.71. The van der Waals surface area contributed by atoms with Crippen LogP contribution in [0.3, 0.4) is 0 Å². The standard InChI is InChI=1S/C11H14ClN3O/c12-9-5-4-8(7-13)11(14-9)15-10-3-1-2-6-16-10/h4-5,7,10,13H,1-3,6H2,(H,14,15)/p+1. The van der Waals surface area contributed by atoms with Crippen LogP contribution in [0.5, 0.6) is 0 Å². The van der Waals surface area contributed by atoms with Gasteiger partial charge in [-0.15, -0.1) is 0 Å². The van der Waals surface area contributed by atoms with Gasteiger partial charge in [0.15, 0.2) is 6.21 Å². The van der Waals surface area contributed by atoms with E-state index in [0.717, 1.165) is 25.0 Å². The highest BCUT2D eigenvalue weighted by molar-refractivity contribution is 6.29. The lowest BCUT2D eigenvalue weighted by atomic mass is 10.2. The number of anilines is 1. The SMILES string of the molecule is [NH2+]=Cc1ccc(Cl)nc1NC1CCCCO1. The molecule has 0 aromatic carbocycles. The van der Waals surface area contributed by atoms with Crippen LogP contribution in [0, 0.1) is 0 Å². The molecule has 2 rings (SSSR count). The lowest BCUT2D eigenvalue weighted by molar-refractivity contribution is -0.104. The predicted molar refractivity (Wildman–Crippen MR) is 63.6 cm³/mol. The third-order valence-corrected chi connectivity index (χ3v) is 2.76. The zero-order valence-corrected chi connectivity index (χ0v) is 9.70. The summed E-state index contributed by atoms with van der Waals surface area (Å²) in [5, 5.41) is 9.18. The fourth-order valence-electron chi connectivity index (χ4n) is 1.70. The lowest BCUT2D eigenvalue weighted by Gasteiger charge is -2.24. The zero-order valence-electron chi connectivity index (χ0n) is 8.95. The quantitative estimate of drug-likeness (QED) is 0.608. The van der Waals surface area contributed by atoms with Crippen molar-refractivity contribution in [2.45, 2.75) is 25.5 Å². The van der Waals surface area contributed by atoms with Crippen molar-refractivity contribution in [3.05, 3.63) is 22.8 Å². The van der Waals surface area contributed by atoms with E-state index in [1.54, 1.807) is 6.07 Å². The van der Waals surface area contributed by atoms with Gasteiger partial charge in [-0.1, -0.05) is 11.6 Å².